The minimum atomic E-state index is -0.452. The number of halogens is 3. The number of rotatable bonds is 5. The van der Waals surface area contributed by atoms with E-state index in [9.17, 15) is 4.79 Å². The third kappa shape index (κ3) is 3.81. The molecule has 0 aliphatic heterocycles. The Morgan fingerprint density at radius 2 is 1.75 bits per heavy atom. The average molecular weight is 380 g/mol. The second kappa shape index (κ2) is 7.39. The average Bonchev–Trinajstić information content (AvgIpc) is 3.08. The minimum absolute atomic E-state index is 0.0318. The van der Waals surface area contributed by atoms with E-state index in [1.807, 2.05) is 6.07 Å². The molecule has 3 nitrogen and oxygen atoms in total. The van der Waals surface area contributed by atoms with Gasteiger partial charge in [-0.25, -0.2) is 4.98 Å². The zero-order valence-corrected chi connectivity index (χ0v) is 14.8. The summed E-state index contributed by atoms with van der Waals surface area (Å²) in [4.78, 5) is 17.0. The van der Waals surface area contributed by atoms with Crippen LogP contribution in [0.3, 0.4) is 0 Å². The maximum atomic E-state index is 13.0. The number of aromatic nitrogens is 2. The Morgan fingerprint density at radius 3 is 2.38 bits per heavy atom. The first-order valence-electron chi connectivity index (χ1n) is 7.26. The van der Waals surface area contributed by atoms with Crippen molar-refractivity contribution in [2.45, 2.75) is 12.5 Å². The largest absolute Gasteiger partial charge is 0.326 e. The van der Waals surface area contributed by atoms with Crippen LogP contribution < -0.4 is 0 Å². The summed E-state index contributed by atoms with van der Waals surface area (Å²) in [7, 11) is 0. The molecule has 1 unspecified atom stereocenters. The fraction of sp³-hybridized carbons (Fsp3) is 0.111. The fourth-order valence-corrected chi connectivity index (χ4v) is 3.10. The van der Waals surface area contributed by atoms with E-state index >= 15 is 0 Å². The standard InChI is InChI=1S/C18H13Cl3N2O/c19-14-4-1-12(2-5-14)18(24)17(23-8-7-22-11-23)9-13-3-6-15(20)10-16(13)21/h1-8,10-11,17H,9H2. The molecule has 1 heterocycles. The molecule has 1 aromatic heterocycles. The Hall–Kier alpha value is -1.81. The van der Waals surface area contributed by atoms with Crippen molar-refractivity contribution in [2.24, 2.45) is 0 Å². The summed E-state index contributed by atoms with van der Waals surface area (Å²) in [5.41, 5.74) is 1.44. The van der Waals surface area contributed by atoms with Crippen LogP contribution in [0.15, 0.2) is 61.2 Å². The van der Waals surface area contributed by atoms with Gasteiger partial charge in [0, 0.05) is 39.4 Å². The minimum Gasteiger partial charge on any atom is -0.326 e. The van der Waals surface area contributed by atoms with Gasteiger partial charge in [-0.1, -0.05) is 40.9 Å². The predicted molar refractivity (Wildman–Crippen MR) is 97.2 cm³/mol. The van der Waals surface area contributed by atoms with Gasteiger partial charge in [0.1, 0.15) is 6.04 Å². The third-order valence-corrected chi connectivity index (χ3v) is 4.58. The van der Waals surface area contributed by atoms with Crippen molar-refractivity contribution in [1.82, 2.24) is 9.55 Å². The van der Waals surface area contributed by atoms with Crippen LogP contribution in [0.2, 0.25) is 15.1 Å². The summed E-state index contributed by atoms with van der Waals surface area (Å²) in [5, 5.41) is 1.69. The van der Waals surface area contributed by atoms with Gasteiger partial charge in [-0.3, -0.25) is 4.79 Å². The first kappa shape index (κ1) is 17.0. The van der Waals surface area contributed by atoms with E-state index in [-0.39, 0.29) is 5.78 Å². The van der Waals surface area contributed by atoms with Crippen molar-refractivity contribution in [2.75, 3.05) is 0 Å². The van der Waals surface area contributed by atoms with Gasteiger partial charge in [-0.05, 0) is 42.0 Å². The molecule has 0 fully saturated rings. The Labute approximate surface area is 154 Å². The van der Waals surface area contributed by atoms with Crippen LogP contribution in [-0.2, 0) is 6.42 Å². The Balaban J connectivity index is 1.95. The van der Waals surface area contributed by atoms with Gasteiger partial charge in [0.05, 0.1) is 6.33 Å². The molecule has 0 N–H and O–H groups in total. The molecule has 0 aliphatic carbocycles. The number of benzene rings is 2. The molecular weight excluding hydrogens is 367 g/mol. The molecule has 6 heteroatoms. The van der Waals surface area contributed by atoms with Gasteiger partial charge >= 0.3 is 0 Å². The molecule has 0 radical (unpaired) electrons. The van der Waals surface area contributed by atoms with Crippen LogP contribution in [0.4, 0.5) is 0 Å². The van der Waals surface area contributed by atoms with Gasteiger partial charge in [-0.15, -0.1) is 0 Å². The molecule has 0 spiro atoms. The van der Waals surface area contributed by atoms with Crippen LogP contribution >= 0.6 is 34.8 Å². The first-order chi connectivity index (χ1) is 11.5. The first-order valence-corrected chi connectivity index (χ1v) is 8.39. The number of hydrogen-bond donors (Lipinski definition) is 0. The fourth-order valence-electron chi connectivity index (χ4n) is 2.49. The molecule has 3 aromatic rings. The lowest BCUT2D eigenvalue weighted by molar-refractivity contribution is 0.0924. The summed E-state index contributed by atoms with van der Waals surface area (Å²) < 4.78 is 1.78. The summed E-state index contributed by atoms with van der Waals surface area (Å²) >= 11 is 18.1. The number of hydrogen-bond acceptors (Lipinski definition) is 2. The van der Waals surface area contributed by atoms with Crippen molar-refractivity contribution in [3.8, 4) is 0 Å². The summed E-state index contributed by atoms with van der Waals surface area (Å²) in [5.74, 6) is -0.0318. The molecule has 2 aromatic carbocycles. The summed E-state index contributed by atoms with van der Waals surface area (Å²) in [6.07, 6.45) is 5.48. The molecule has 0 aliphatic rings. The molecule has 1 atom stereocenters. The van der Waals surface area contributed by atoms with E-state index in [0.717, 1.165) is 5.56 Å². The van der Waals surface area contributed by atoms with Crippen LogP contribution in [0, 0.1) is 0 Å². The Kier molecular flexibility index (Phi) is 5.24. The highest BCUT2D eigenvalue weighted by molar-refractivity contribution is 6.35. The second-order valence-electron chi connectivity index (χ2n) is 5.34. The van der Waals surface area contributed by atoms with E-state index in [4.69, 9.17) is 34.8 Å². The maximum Gasteiger partial charge on any atom is 0.185 e. The topological polar surface area (TPSA) is 34.9 Å². The normalized spacial score (nSPS) is 12.1. The van der Waals surface area contributed by atoms with Crippen molar-refractivity contribution in [3.63, 3.8) is 0 Å². The maximum absolute atomic E-state index is 13.0. The van der Waals surface area contributed by atoms with Gasteiger partial charge in [-0.2, -0.15) is 0 Å². The number of ketones is 1. The Bertz CT molecular complexity index is 845. The van der Waals surface area contributed by atoms with E-state index in [2.05, 4.69) is 4.98 Å². The lowest BCUT2D eigenvalue weighted by atomic mass is 9.97. The Morgan fingerprint density at radius 1 is 1.04 bits per heavy atom. The number of Topliss-reactive ketones (excluding diaryl/α,β-unsaturated/α-hetero) is 1. The van der Waals surface area contributed by atoms with Crippen molar-refractivity contribution >= 4 is 40.6 Å². The SMILES string of the molecule is O=C(c1ccc(Cl)cc1)C(Cc1ccc(Cl)cc1Cl)n1ccnc1. The molecule has 0 saturated carbocycles. The van der Waals surface area contributed by atoms with E-state index in [1.54, 1.807) is 59.7 Å². The van der Waals surface area contributed by atoms with Crippen LogP contribution in [0.25, 0.3) is 0 Å². The van der Waals surface area contributed by atoms with Gasteiger partial charge in [0.15, 0.2) is 5.78 Å². The molecule has 0 saturated heterocycles. The number of carbonyl (C=O) groups excluding carboxylic acids is 1. The highest BCUT2D eigenvalue weighted by atomic mass is 35.5. The lowest BCUT2D eigenvalue weighted by Gasteiger charge is -2.18. The van der Waals surface area contributed by atoms with Crippen molar-refractivity contribution < 1.29 is 4.79 Å². The van der Waals surface area contributed by atoms with Crippen LogP contribution in [0.5, 0.6) is 0 Å². The predicted octanol–water partition coefficient (Wildman–Crippen LogP) is 5.51. The van der Waals surface area contributed by atoms with Crippen molar-refractivity contribution in [3.05, 3.63) is 87.4 Å². The number of nitrogens with zero attached hydrogens (tertiary/aromatic N) is 2. The van der Waals surface area contributed by atoms with Crippen molar-refractivity contribution in [1.29, 1.82) is 0 Å². The monoisotopic (exact) mass is 378 g/mol. The summed E-state index contributed by atoms with van der Waals surface area (Å²) in [6.45, 7) is 0. The second-order valence-corrected chi connectivity index (χ2v) is 6.62. The highest BCUT2D eigenvalue weighted by Crippen LogP contribution is 2.27. The molecule has 122 valence electrons. The smallest absolute Gasteiger partial charge is 0.185 e. The molecule has 3 rings (SSSR count). The summed E-state index contributed by atoms with van der Waals surface area (Å²) in [6, 6.07) is 11.7. The van der Waals surface area contributed by atoms with Gasteiger partial charge in [0.2, 0.25) is 0 Å². The lowest BCUT2D eigenvalue weighted by Crippen LogP contribution is -2.21. The number of carbonyl (C=O) groups is 1. The zero-order chi connectivity index (χ0) is 17.1. The van der Waals surface area contributed by atoms with Gasteiger partial charge in [0.25, 0.3) is 0 Å². The zero-order valence-electron chi connectivity index (χ0n) is 12.5. The van der Waals surface area contributed by atoms with E-state index in [0.29, 0.717) is 27.1 Å². The van der Waals surface area contributed by atoms with Crippen LogP contribution in [-0.4, -0.2) is 15.3 Å². The molecule has 24 heavy (non-hydrogen) atoms. The van der Waals surface area contributed by atoms with E-state index in [1.165, 1.54) is 0 Å². The van der Waals surface area contributed by atoms with Crippen LogP contribution in [0.1, 0.15) is 22.0 Å². The quantitative estimate of drug-likeness (QED) is 0.548. The molecule has 0 bridgehead atoms. The highest BCUT2D eigenvalue weighted by Gasteiger charge is 2.23. The molecular formula is C18H13Cl3N2O. The number of imidazole rings is 1. The third-order valence-electron chi connectivity index (χ3n) is 3.74. The van der Waals surface area contributed by atoms with E-state index < -0.39 is 6.04 Å². The van der Waals surface area contributed by atoms with Gasteiger partial charge < -0.3 is 4.57 Å². The molecule has 0 amide bonds.